The van der Waals surface area contributed by atoms with Crippen LogP contribution in [0, 0.1) is 0 Å². The van der Waals surface area contributed by atoms with E-state index in [-0.39, 0.29) is 18.9 Å². The normalized spacial score (nSPS) is 11.0. The van der Waals surface area contributed by atoms with E-state index in [1.165, 1.54) is 0 Å². The predicted molar refractivity (Wildman–Crippen MR) is 113 cm³/mol. The third-order valence-corrected chi connectivity index (χ3v) is 4.25. The summed E-state index contributed by atoms with van der Waals surface area (Å²) >= 11 is 3.26. The number of nitrogens with one attached hydrogen (secondary N) is 1. The smallest absolute Gasteiger partial charge is 0.410 e. The average Bonchev–Trinajstić information content (AvgIpc) is 2.63. The second kappa shape index (κ2) is 10.2. The van der Waals surface area contributed by atoms with Crippen LogP contribution >= 0.6 is 15.9 Å². The van der Waals surface area contributed by atoms with E-state index in [2.05, 4.69) is 26.2 Å². The molecule has 2 rings (SSSR count). The fraction of sp³-hybridized carbons (Fsp3) is 0.381. The first-order chi connectivity index (χ1) is 13.2. The number of halogens is 1. The lowest BCUT2D eigenvalue weighted by Gasteiger charge is -2.27. The number of anilines is 1. The third kappa shape index (κ3) is 8.08. The lowest BCUT2D eigenvalue weighted by Crippen LogP contribution is -2.39. The number of rotatable bonds is 7. The van der Waals surface area contributed by atoms with Crippen molar-refractivity contribution >= 4 is 33.6 Å². The summed E-state index contributed by atoms with van der Waals surface area (Å²) in [4.78, 5) is 30.5. The van der Waals surface area contributed by atoms with Gasteiger partial charge in [-0.3, -0.25) is 4.79 Å². The molecule has 1 heterocycles. The zero-order chi connectivity index (χ0) is 20.6. The number of pyridine rings is 1. The lowest BCUT2D eigenvalue weighted by molar-refractivity contribution is -0.116. The minimum absolute atomic E-state index is 0.171. The molecule has 7 heteroatoms. The molecule has 2 aromatic rings. The Kier molecular flexibility index (Phi) is 7.99. The first-order valence-corrected chi connectivity index (χ1v) is 9.95. The van der Waals surface area contributed by atoms with E-state index in [1.807, 2.05) is 51.1 Å². The van der Waals surface area contributed by atoms with E-state index in [0.29, 0.717) is 23.3 Å². The van der Waals surface area contributed by atoms with Gasteiger partial charge in [0.25, 0.3) is 0 Å². The molecular weight excluding hydrogens is 422 g/mol. The van der Waals surface area contributed by atoms with E-state index in [1.54, 1.807) is 23.2 Å². The maximum atomic E-state index is 12.5. The standard InChI is InChI=1S/C21H26BrN3O3/c1-21(2,3)28-20(27)25(13-11-16-7-5-4-6-8-16)14-12-19(26)24-17-9-10-18(22)23-15-17/h4-10,15H,11-14H2,1-3H3,(H,24,26). The lowest BCUT2D eigenvalue weighted by atomic mass is 10.1. The minimum Gasteiger partial charge on any atom is -0.444 e. The number of ether oxygens (including phenoxy) is 1. The summed E-state index contributed by atoms with van der Waals surface area (Å²) in [5.74, 6) is -0.183. The molecule has 0 aliphatic rings. The SMILES string of the molecule is CC(C)(C)OC(=O)N(CCC(=O)Nc1ccc(Br)nc1)CCc1ccccc1. The van der Waals surface area contributed by atoms with Gasteiger partial charge in [0.15, 0.2) is 0 Å². The molecule has 0 unspecified atom stereocenters. The van der Waals surface area contributed by atoms with Crippen LogP contribution in [0.2, 0.25) is 0 Å². The summed E-state index contributed by atoms with van der Waals surface area (Å²) in [6.45, 7) is 6.23. The van der Waals surface area contributed by atoms with Gasteiger partial charge in [-0.15, -0.1) is 0 Å². The first kappa shape index (κ1) is 21.9. The molecule has 2 amide bonds. The van der Waals surface area contributed by atoms with Gasteiger partial charge in [-0.2, -0.15) is 0 Å². The molecule has 1 aromatic carbocycles. The maximum Gasteiger partial charge on any atom is 0.410 e. The first-order valence-electron chi connectivity index (χ1n) is 9.16. The van der Waals surface area contributed by atoms with E-state index in [9.17, 15) is 9.59 Å². The summed E-state index contributed by atoms with van der Waals surface area (Å²) < 4.78 is 6.19. The zero-order valence-electron chi connectivity index (χ0n) is 16.4. The monoisotopic (exact) mass is 447 g/mol. The topological polar surface area (TPSA) is 71.5 Å². The van der Waals surface area contributed by atoms with Gasteiger partial charge in [-0.1, -0.05) is 30.3 Å². The molecule has 1 N–H and O–H groups in total. The van der Waals surface area contributed by atoms with Crippen LogP contribution in [0.5, 0.6) is 0 Å². The highest BCUT2D eigenvalue weighted by Gasteiger charge is 2.22. The third-order valence-electron chi connectivity index (χ3n) is 3.78. The highest BCUT2D eigenvalue weighted by Crippen LogP contribution is 2.13. The van der Waals surface area contributed by atoms with Gasteiger partial charge in [-0.05, 0) is 60.8 Å². The summed E-state index contributed by atoms with van der Waals surface area (Å²) in [6.07, 6.45) is 2.02. The molecular formula is C21H26BrN3O3. The van der Waals surface area contributed by atoms with Crippen molar-refractivity contribution < 1.29 is 14.3 Å². The van der Waals surface area contributed by atoms with Gasteiger partial charge in [-0.25, -0.2) is 9.78 Å². The van der Waals surface area contributed by atoms with Gasteiger partial charge in [0, 0.05) is 19.5 Å². The fourth-order valence-electron chi connectivity index (χ4n) is 2.44. The van der Waals surface area contributed by atoms with Crippen LogP contribution in [0.4, 0.5) is 10.5 Å². The van der Waals surface area contributed by atoms with Crippen LogP contribution in [-0.4, -0.2) is 40.6 Å². The number of amides is 2. The van der Waals surface area contributed by atoms with Gasteiger partial charge < -0.3 is 15.0 Å². The Balaban J connectivity index is 1.94. The Morgan fingerprint density at radius 1 is 1.11 bits per heavy atom. The molecule has 0 radical (unpaired) electrons. The summed E-state index contributed by atoms with van der Waals surface area (Å²) in [5, 5.41) is 2.78. The second-order valence-corrected chi connectivity index (χ2v) is 8.18. The van der Waals surface area contributed by atoms with Crippen LogP contribution in [0.3, 0.4) is 0 Å². The molecule has 0 saturated carbocycles. The highest BCUT2D eigenvalue weighted by atomic mass is 79.9. The molecule has 6 nitrogen and oxygen atoms in total. The Morgan fingerprint density at radius 2 is 1.82 bits per heavy atom. The summed E-state index contributed by atoms with van der Waals surface area (Å²) in [7, 11) is 0. The molecule has 0 bridgehead atoms. The van der Waals surface area contributed by atoms with E-state index in [0.717, 1.165) is 5.56 Å². The molecule has 28 heavy (non-hydrogen) atoms. The largest absolute Gasteiger partial charge is 0.444 e. The molecule has 1 aromatic heterocycles. The molecule has 150 valence electrons. The van der Waals surface area contributed by atoms with Crippen molar-refractivity contribution in [2.24, 2.45) is 0 Å². The van der Waals surface area contributed by atoms with Crippen LogP contribution < -0.4 is 5.32 Å². The van der Waals surface area contributed by atoms with Crippen molar-refractivity contribution in [3.63, 3.8) is 0 Å². The number of hydrogen-bond acceptors (Lipinski definition) is 4. The Morgan fingerprint density at radius 3 is 2.43 bits per heavy atom. The maximum absolute atomic E-state index is 12.5. The molecule has 0 spiro atoms. The average molecular weight is 448 g/mol. The van der Waals surface area contributed by atoms with Crippen LogP contribution in [0.15, 0.2) is 53.3 Å². The van der Waals surface area contributed by atoms with Crippen molar-refractivity contribution in [2.75, 3.05) is 18.4 Å². The Hall–Kier alpha value is -2.41. The molecule has 0 fully saturated rings. The van der Waals surface area contributed by atoms with Gasteiger partial charge in [0.1, 0.15) is 10.2 Å². The molecule has 0 atom stereocenters. The van der Waals surface area contributed by atoms with E-state index in [4.69, 9.17) is 4.74 Å². The quantitative estimate of drug-likeness (QED) is 0.626. The van der Waals surface area contributed by atoms with Crippen LogP contribution in [0.1, 0.15) is 32.8 Å². The summed E-state index contributed by atoms with van der Waals surface area (Å²) in [6, 6.07) is 13.4. The van der Waals surface area contributed by atoms with Crippen LogP contribution in [0.25, 0.3) is 0 Å². The number of carbonyl (C=O) groups excluding carboxylic acids is 2. The number of carbonyl (C=O) groups is 2. The van der Waals surface area contributed by atoms with Gasteiger partial charge in [0.05, 0.1) is 11.9 Å². The fourth-order valence-corrected chi connectivity index (χ4v) is 2.67. The van der Waals surface area contributed by atoms with E-state index >= 15 is 0 Å². The van der Waals surface area contributed by atoms with Crippen molar-refractivity contribution in [3.05, 3.63) is 58.8 Å². The van der Waals surface area contributed by atoms with E-state index < -0.39 is 11.7 Å². The molecule has 0 saturated heterocycles. The second-order valence-electron chi connectivity index (χ2n) is 7.37. The molecule has 0 aliphatic heterocycles. The number of aromatic nitrogens is 1. The number of benzene rings is 1. The number of hydrogen-bond donors (Lipinski definition) is 1. The zero-order valence-corrected chi connectivity index (χ0v) is 18.0. The summed E-state index contributed by atoms with van der Waals surface area (Å²) in [5.41, 5.74) is 1.15. The molecule has 0 aliphatic carbocycles. The van der Waals surface area contributed by atoms with Crippen molar-refractivity contribution in [3.8, 4) is 0 Å². The van der Waals surface area contributed by atoms with Crippen molar-refractivity contribution in [1.29, 1.82) is 0 Å². The van der Waals surface area contributed by atoms with Crippen LogP contribution in [-0.2, 0) is 16.0 Å². The van der Waals surface area contributed by atoms with Gasteiger partial charge in [0.2, 0.25) is 5.91 Å². The Labute approximate surface area is 174 Å². The number of nitrogens with zero attached hydrogens (tertiary/aromatic N) is 2. The van der Waals surface area contributed by atoms with Crippen molar-refractivity contribution in [1.82, 2.24) is 9.88 Å². The highest BCUT2D eigenvalue weighted by molar-refractivity contribution is 9.10. The minimum atomic E-state index is -0.590. The predicted octanol–water partition coefficient (Wildman–Crippen LogP) is 4.65. The van der Waals surface area contributed by atoms with Gasteiger partial charge >= 0.3 is 6.09 Å². The Bertz CT molecular complexity index is 774. The van der Waals surface area contributed by atoms with Crippen molar-refractivity contribution in [2.45, 2.75) is 39.2 Å².